The van der Waals surface area contributed by atoms with E-state index >= 15 is 0 Å². The molecule has 1 heterocycles. The molecule has 0 aliphatic heterocycles. The molecule has 4 heteroatoms. The first-order valence-corrected chi connectivity index (χ1v) is 4.84. The molecule has 0 saturated carbocycles. The highest BCUT2D eigenvalue weighted by Gasteiger charge is 1.95. The highest BCUT2D eigenvalue weighted by atomic mass is 32.1. The Balaban J connectivity index is 2.50. The van der Waals surface area contributed by atoms with E-state index in [1.54, 1.807) is 11.3 Å². The average molecular weight is 202 g/mol. The van der Waals surface area contributed by atoms with Gasteiger partial charge in [0, 0.05) is 11.9 Å². The Bertz CT molecular complexity index is 230. The second-order valence-electron chi connectivity index (χ2n) is 2.20. The Kier molecular flexibility index (Phi) is 3.23. The third-order valence-corrected chi connectivity index (χ3v) is 2.77. The van der Waals surface area contributed by atoms with Crippen LogP contribution in [-0.4, -0.2) is 16.3 Å². The van der Waals surface area contributed by atoms with E-state index in [2.05, 4.69) is 11.4 Å². The molecule has 0 unspecified atom stereocenters. The molecule has 60 valence electrons. The minimum atomic E-state index is 0.526. The molecule has 0 aliphatic rings. The molecule has 1 aromatic heterocycles. The first-order valence-electron chi connectivity index (χ1n) is 3.14. The van der Waals surface area contributed by atoms with Crippen LogP contribution < -0.4 is 0 Å². The second-order valence-corrected chi connectivity index (χ2v) is 4.27. The largest absolute Gasteiger partial charge is 0.411 e. The molecule has 11 heavy (non-hydrogen) atoms. The molecular weight excluding hydrogens is 194 g/mol. The molecular formula is C7H8NS3-. The first-order chi connectivity index (χ1) is 5.20. The zero-order valence-electron chi connectivity index (χ0n) is 6.11. The van der Waals surface area contributed by atoms with Gasteiger partial charge in [-0.1, -0.05) is 10.4 Å². The van der Waals surface area contributed by atoms with Crippen LogP contribution in [-0.2, 0) is 19.2 Å². The zero-order valence-corrected chi connectivity index (χ0v) is 8.56. The van der Waals surface area contributed by atoms with Gasteiger partial charge in [0.05, 0.1) is 6.54 Å². The summed E-state index contributed by atoms with van der Waals surface area (Å²) >= 11 is 11.4. The molecule has 0 saturated heterocycles. The van der Waals surface area contributed by atoms with Gasteiger partial charge in [-0.15, -0.1) is 11.3 Å². The first kappa shape index (κ1) is 8.90. The van der Waals surface area contributed by atoms with E-state index in [0.717, 1.165) is 6.54 Å². The lowest BCUT2D eigenvalue weighted by molar-refractivity contribution is 0.525. The molecule has 0 aromatic carbocycles. The Morgan fingerprint density at radius 3 is 3.00 bits per heavy atom. The zero-order chi connectivity index (χ0) is 8.27. The van der Waals surface area contributed by atoms with E-state index in [0.29, 0.717) is 4.32 Å². The molecule has 0 fully saturated rings. The molecule has 0 amide bonds. The van der Waals surface area contributed by atoms with E-state index in [4.69, 9.17) is 24.8 Å². The van der Waals surface area contributed by atoms with E-state index in [1.807, 2.05) is 18.0 Å². The molecule has 1 aromatic rings. The maximum atomic E-state index is 4.84. The van der Waals surface area contributed by atoms with Crippen LogP contribution in [0.2, 0.25) is 0 Å². The van der Waals surface area contributed by atoms with Crippen molar-refractivity contribution in [1.82, 2.24) is 4.90 Å². The summed E-state index contributed by atoms with van der Waals surface area (Å²) in [5.41, 5.74) is 0. The lowest BCUT2D eigenvalue weighted by atomic mass is 10.4. The smallest absolute Gasteiger partial charge is 0.0504 e. The minimum absolute atomic E-state index is 0.526. The summed E-state index contributed by atoms with van der Waals surface area (Å²) in [6.45, 7) is 0.833. The maximum Gasteiger partial charge on any atom is 0.0504 e. The fourth-order valence-electron chi connectivity index (χ4n) is 0.701. The highest BCUT2D eigenvalue weighted by Crippen LogP contribution is 2.10. The van der Waals surface area contributed by atoms with Gasteiger partial charge >= 0.3 is 0 Å². The number of hydrogen-bond acceptors (Lipinski definition) is 3. The molecule has 0 atom stereocenters. The summed E-state index contributed by atoms with van der Waals surface area (Å²) in [6.07, 6.45) is 0. The van der Waals surface area contributed by atoms with Gasteiger partial charge in [-0.05, 0) is 11.4 Å². The standard InChI is InChI=1S/C7H9NS3/c1-8(7(9)10)5-6-3-2-4-11-6/h2-4H,5H2,1H3,(H,9,10)/p-1. The molecule has 0 aliphatic carbocycles. The van der Waals surface area contributed by atoms with Crippen LogP contribution in [0.25, 0.3) is 0 Å². The summed E-state index contributed by atoms with van der Waals surface area (Å²) in [5.74, 6) is 0. The van der Waals surface area contributed by atoms with Crippen LogP contribution in [0.1, 0.15) is 4.88 Å². The lowest BCUT2D eigenvalue weighted by Gasteiger charge is -2.21. The van der Waals surface area contributed by atoms with Crippen LogP contribution in [0.3, 0.4) is 0 Å². The third kappa shape index (κ3) is 2.73. The van der Waals surface area contributed by atoms with Crippen LogP contribution >= 0.6 is 23.6 Å². The van der Waals surface area contributed by atoms with Gasteiger partial charge in [0.1, 0.15) is 0 Å². The molecule has 1 rings (SSSR count). The summed E-state index contributed by atoms with van der Waals surface area (Å²) in [7, 11) is 1.91. The van der Waals surface area contributed by atoms with Crippen LogP contribution in [0, 0.1) is 0 Å². The van der Waals surface area contributed by atoms with Gasteiger partial charge in [0.15, 0.2) is 0 Å². The maximum absolute atomic E-state index is 4.84. The number of hydrogen-bond donors (Lipinski definition) is 0. The van der Waals surface area contributed by atoms with Crippen molar-refractivity contribution in [3.05, 3.63) is 22.4 Å². The fraction of sp³-hybridized carbons (Fsp3) is 0.286. The van der Waals surface area contributed by atoms with Crippen LogP contribution in [0.5, 0.6) is 0 Å². The Hall–Kier alpha value is -0.190. The van der Waals surface area contributed by atoms with Gasteiger partial charge in [-0.2, -0.15) is 0 Å². The normalized spacial score (nSPS) is 9.55. The van der Waals surface area contributed by atoms with Gasteiger partial charge in [-0.3, -0.25) is 0 Å². The minimum Gasteiger partial charge on any atom is -0.411 e. The lowest BCUT2D eigenvalue weighted by Crippen LogP contribution is -2.21. The Morgan fingerprint density at radius 1 is 1.82 bits per heavy atom. The van der Waals surface area contributed by atoms with E-state index in [-0.39, 0.29) is 0 Å². The Labute approximate surface area is 81.4 Å². The summed E-state index contributed by atoms with van der Waals surface area (Å²) in [6, 6.07) is 4.11. The van der Waals surface area contributed by atoms with Crippen LogP contribution in [0.15, 0.2) is 17.5 Å². The van der Waals surface area contributed by atoms with E-state index in [1.165, 1.54) is 4.88 Å². The van der Waals surface area contributed by atoms with Crippen molar-refractivity contribution in [3.63, 3.8) is 0 Å². The molecule has 0 bridgehead atoms. The van der Waals surface area contributed by atoms with Gasteiger partial charge in [0.25, 0.3) is 0 Å². The third-order valence-electron chi connectivity index (χ3n) is 1.28. The topological polar surface area (TPSA) is 3.24 Å². The van der Waals surface area contributed by atoms with Crippen molar-refractivity contribution >= 4 is 40.5 Å². The summed E-state index contributed by atoms with van der Waals surface area (Å²) in [4.78, 5) is 3.18. The molecule has 0 radical (unpaired) electrons. The number of rotatable bonds is 2. The number of thiocarbonyl (C=S) groups is 1. The van der Waals surface area contributed by atoms with Crippen molar-refractivity contribution in [2.45, 2.75) is 6.54 Å². The van der Waals surface area contributed by atoms with Gasteiger partial charge in [-0.25, -0.2) is 0 Å². The quantitative estimate of drug-likeness (QED) is 0.533. The summed E-state index contributed by atoms with van der Waals surface area (Å²) in [5, 5.41) is 2.05. The van der Waals surface area contributed by atoms with Crippen molar-refractivity contribution in [2.75, 3.05) is 7.05 Å². The predicted molar refractivity (Wildman–Crippen MR) is 55.7 cm³/mol. The van der Waals surface area contributed by atoms with E-state index < -0.39 is 0 Å². The Morgan fingerprint density at radius 2 is 2.55 bits per heavy atom. The van der Waals surface area contributed by atoms with E-state index in [9.17, 15) is 0 Å². The second kappa shape index (κ2) is 3.99. The van der Waals surface area contributed by atoms with Gasteiger partial charge < -0.3 is 29.7 Å². The number of thiophene rings is 1. The van der Waals surface area contributed by atoms with Gasteiger partial charge in [0.2, 0.25) is 0 Å². The SMILES string of the molecule is CN(Cc1cccs1)C(=S)[S-]. The fourth-order valence-corrected chi connectivity index (χ4v) is 1.59. The van der Waals surface area contributed by atoms with Crippen molar-refractivity contribution in [1.29, 1.82) is 0 Å². The van der Waals surface area contributed by atoms with Crippen molar-refractivity contribution in [2.24, 2.45) is 0 Å². The number of nitrogens with zero attached hydrogens (tertiary/aromatic N) is 1. The highest BCUT2D eigenvalue weighted by molar-refractivity contribution is 8.00. The molecule has 0 spiro atoms. The summed E-state index contributed by atoms with van der Waals surface area (Å²) < 4.78 is 0.526. The molecule has 0 N–H and O–H groups in total. The average Bonchev–Trinajstić information content (AvgIpc) is 2.39. The monoisotopic (exact) mass is 202 g/mol. The predicted octanol–water partition coefficient (Wildman–Crippen LogP) is 2.01. The van der Waals surface area contributed by atoms with Crippen LogP contribution in [0.4, 0.5) is 0 Å². The van der Waals surface area contributed by atoms with Crippen molar-refractivity contribution in [3.8, 4) is 0 Å². The molecule has 1 nitrogen and oxygen atoms in total. The van der Waals surface area contributed by atoms with Crippen molar-refractivity contribution < 1.29 is 0 Å².